The average Bonchev–Trinajstić information content (AvgIpc) is 2.90. The second kappa shape index (κ2) is 6.86. The molecule has 0 fully saturated rings. The Morgan fingerprint density at radius 1 is 1.04 bits per heavy atom. The van der Waals surface area contributed by atoms with Gasteiger partial charge in [-0.1, -0.05) is 51.1 Å². The van der Waals surface area contributed by atoms with Gasteiger partial charge in [0.25, 0.3) is 0 Å². The zero-order valence-corrected chi connectivity index (χ0v) is 14.2. The lowest BCUT2D eigenvalue weighted by Crippen LogP contribution is -2.07. The van der Waals surface area contributed by atoms with E-state index in [4.69, 9.17) is 4.98 Å². The number of hydrogen-bond donors (Lipinski definition) is 1. The van der Waals surface area contributed by atoms with Crippen molar-refractivity contribution in [2.75, 3.05) is 5.32 Å². The van der Waals surface area contributed by atoms with Crippen LogP contribution in [0.2, 0.25) is 0 Å². The fourth-order valence-electron chi connectivity index (χ4n) is 2.86. The molecule has 0 spiro atoms. The first kappa shape index (κ1) is 15.6. The van der Waals surface area contributed by atoms with Crippen LogP contribution in [0.4, 0.5) is 11.6 Å². The maximum atomic E-state index is 4.81. The van der Waals surface area contributed by atoms with E-state index in [9.17, 15) is 0 Å². The number of aryl methyl sites for hydroxylation is 2. The Labute approximate surface area is 138 Å². The molecule has 1 N–H and O–H groups in total. The van der Waals surface area contributed by atoms with Gasteiger partial charge >= 0.3 is 0 Å². The Balaban J connectivity index is 2.00. The van der Waals surface area contributed by atoms with E-state index in [2.05, 4.69) is 73.1 Å². The predicted octanol–water partition coefficient (Wildman–Crippen LogP) is 5.39. The van der Waals surface area contributed by atoms with Crippen molar-refractivity contribution in [2.24, 2.45) is 5.92 Å². The van der Waals surface area contributed by atoms with Crippen molar-refractivity contribution in [2.45, 2.75) is 40.2 Å². The molecular formula is C20H25N3. The molecule has 2 aromatic carbocycles. The summed E-state index contributed by atoms with van der Waals surface area (Å²) in [5, 5.41) is 3.56. The highest BCUT2D eigenvalue weighted by Gasteiger charge is 2.12. The molecule has 0 radical (unpaired) electrons. The lowest BCUT2D eigenvalue weighted by atomic mass is 10.1. The minimum absolute atomic E-state index is 0.673. The van der Waals surface area contributed by atoms with E-state index in [0.29, 0.717) is 5.92 Å². The third-order valence-electron chi connectivity index (χ3n) is 4.23. The molecule has 0 aliphatic carbocycles. The number of para-hydroxylation sites is 3. The van der Waals surface area contributed by atoms with Crippen LogP contribution in [0.3, 0.4) is 0 Å². The van der Waals surface area contributed by atoms with Gasteiger partial charge in [-0.05, 0) is 42.5 Å². The van der Waals surface area contributed by atoms with Crippen LogP contribution in [-0.2, 0) is 13.0 Å². The molecule has 3 rings (SSSR count). The second-order valence-electron chi connectivity index (χ2n) is 6.39. The number of benzene rings is 2. The van der Waals surface area contributed by atoms with Crippen molar-refractivity contribution >= 4 is 22.7 Å². The van der Waals surface area contributed by atoms with Crippen molar-refractivity contribution in [3.8, 4) is 0 Å². The predicted molar refractivity (Wildman–Crippen MR) is 98.3 cm³/mol. The molecule has 0 aliphatic heterocycles. The molecule has 0 atom stereocenters. The molecule has 3 aromatic rings. The van der Waals surface area contributed by atoms with Crippen LogP contribution in [0.5, 0.6) is 0 Å². The lowest BCUT2D eigenvalue weighted by Gasteiger charge is -2.14. The average molecular weight is 307 g/mol. The molecule has 0 amide bonds. The zero-order valence-electron chi connectivity index (χ0n) is 14.2. The van der Waals surface area contributed by atoms with E-state index >= 15 is 0 Å². The number of fused-ring (bicyclic) bond motifs is 1. The van der Waals surface area contributed by atoms with Crippen LogP contribution in [0.15, 0.2) is 48.5 Å². The first-order valence-corrected chi connectivity index (χ1v) is 8.49. The number of imidazole rings is 1. The molecule has 3 nitrogen and oxygen atoms in total. The molecule has 0 unspecified atom stereocenters. The SMILES string of the molecule is CCc1ccccc1Nc1nc2ccccc2n1CCC(C)C. The Kier molecular flexibility index (Phi) is 4.65. The van der Waals surface area contributed by atoms with Crippen molar-refractivity contribution < 1.29 is 0 Å². The molecule has 1 aromatic heterocycles. The lowest BCUT2D eigenvalue weighted by molar-refractivity contribution is 0.526. The molecule has 1 heterocycles. The van der Waals surface area contributed by atoms with Crippen LogP contribution in [0.25, 0.3) is 11.0 Å². The van der Waals surface area contributed by atoms with Crippen molar-refractivity contribution in [3.05, 3.63) is 54.1 Å². The summed E-state index contributed by atoms with van der Waals surface area (Å²) in [5.74, 6) is 1.61. The molecule has 0 saturated carbocycles. The van der Waals surface area contributed by atoms with Crippen LogP contribution >= 0.6 is 0 Å². The Bertz CT molecular complexity index is 786. The number of nitrogens with zero attached hydrogens (tertiary/aromatic N) is 2. The summed E-state index contributed by atoms with van der Waals surface area (Å²) in [6.45, 7) is 7.69. The summed E-state index contributed by atoms with van der Waals surface area (Å²) in [7, 11) is 0. The van der Waals surface area contributed by atoms with Gasteiger partial charge in [0.1, 0.15) is 0 Å². The number of anilines is 2. The van der Waals surface area contributed by atoms with Crippen LogP contribution < -0.4 is 5.32 Å². The molecule has 3 heteroatoms. The second-order valence-corrected chi connectivity index (χ2v) is 6.39. The first-order chi connectivity index (χ1) is 11.2. The number of nitrogens with one attached hydrogen (secondary N) is 1. The van der Waals surface area contributed by atoms with Crippen LogP contribution in [-0.4, -0.2) is 9.55 Å². The van der Waals surface area contributed by atoms with E-state index < -0.39 is 0 Å². The molecule has 0 aliphatic rings. The van der Waals surface area contributed by atoms with Gasteiger partial charge in [-0.3, -0.25) is 0 Å². The van der Waals surface area contributed by atoms with E-state index in [1.165, 1.54) is 11.1 Å². The van der Waals surface area contributed by atoms with E-state index in [1.54, 1.807) is 0 Å². The smallest absolute Gasteiger partial charge is 0.208 e. The first-order valence-electron chi connectivity index (χ1n) is 8.49. The van der Waals surface area contributed by atoms with E-state index in [-0.39, 0.29) is 0 Å². The largest absolute Gasteiger partial charge is 0.325 e. The van der Waals surface area contributed by atoms with Crippen molar-refractivity contribution in [1.29, 1.82) is 0 Å². The standard InChI is InChI=1S/C20H25N3/c1-4-16-9-5-6-10-17(16)21-20-22-18-11-7-8-12-19(18)23(20)14-13-15(2)3/h5-12,15H,4,13-14H2,1-3H3,(H,21,22). The van der Waals surface area contributed by atoms with E-state index in [0.717, 1.165) is 36.5 Å². The summed E-state index contributed by atoms with van der Waals surface area (Å²) >= 11 is 0. The molecule has 0 saturated heterocycles. The summed E-state index contributed by atoms with van der Waals surface area (Å²) in [6, 6.07) is 16.8. The van der Waals surface area contributed by atoms with Gasteiger partial charge in [-0.2, -0.15) is 0 Å². The number of rotatable bonds is 6. The third-order valence-corrected chi connectivity index (χ3v) is 4.23. The summed E-state index contributed by atoms with van der Waals surface area (Å²) < 4.78 is 2.31. The minimum atomic E-state index is 0.673. The fourth-order valence-corrected chi connectivity index (χ4v) is 2.86. The van der Waals surface area contributed by atoms with Gasteiger partial charge < -0.3 is 9.88 Å². The van der Waals surface area contributed by atoms with Crippen LogP contribution in [0, 0.1) is 5.92 Å². The quantitative estimate of drug-likeness (QED) is 0.662. The van der Waals surface area contributed by atoms with Gasteiger partial charge in [0, 0.05) is 12.2 Å². The highest BCUT2D eigenvalue weighted by atomic mass is 15.2. The van der Waals surface area contributed by atoms with Crippen LogP contribution in [0.1, 0.15) is 32.8 Å². The Morgan fingerprint density at radius 2 is 1.78 bits per heavy atom. The zero-order chi connectivity index (χ0) is 16.2. The summed E-state index contributed by atoms with van der Waals surface area (Å²) in [4.78, 5) is 4.81. The molecule has 120 valence electrons. The Morgan fingerprint density at radius 3 is 2.57 bits per heavy atom. The third kappa shape index (κ3) is 3.39. The van der Waals surface area contributed by atoms with E-state index in [1.807, 2.05) is 6.07 Å². The summed E-state index contributed by atoms with van der Waals surface area (Å²) in [5.41, 5.74) is 4.71. The maximum Gasteiger partial charge on any atom is 0.208 e. The van der Waals surface area contributed by atoms with Gasteiger partial charge in [0.15, 0.2) is 0 Å². The van der Waals surface area contributed by atoms with Gasteiger partial charge in [0.2, 0.25) is 5.95 Å². The minimum Gasteiger partial charge on any atom is -0.325 e. The molecule has 23 heavy (non-hydrogen) atoms. The van der Waals surface area contributed by atoms with Gasteiger partial charge in [-0.25, -0.2) is 4.98 Å². The Hall–Kier alpha value is -2.29. The number of aromatic nitrogens is 2. The highest BCUT2D eigenvalue weighted by molar-refractivity contribution is 5.79. The topological polar surface area (TPSA) is 29.9 Å². The highest BCUT2D eigenvalue weighted by Crippen LogP contribution is 2.25. The fraction of sp³-hybridized carbons (Fsp3) is 0.350. The number of hydrogen-bond acceptors (Lipinski definition) is 2. The van der Waals surface area contributed by atoms with Gasteiger partial charge in [-0.15, -0.1) is 0 Å². The van der Waals surface area contributed by atoms with Gasteiger partial charge in [0.05, 0.1) is 11.0 Å². The molecular weight excluding hydrogens is 282 g/mol. The molecule has 0 bridgehead atoms. The van der Waals surface area contributed by atoms with Crippen molar-refractivity contribution in [1.82, 2.24) is 9.55 Å². The van der Waals surface area contributed by atoms with Crippen molar-refractivity contribution in [3.63, 3.8) is 0 Å². The monoisotopic (exact) mass is 307 g/mol. The normalized spacial score (nSPS) is 11.3. The summed E-state index contributed by atoms with van der Waals surface area (Å²) in [6.07, 6.45) is 2.15. The maximum absolute atomic E-state index is 4.81.